The average Bonchev–Trinajstić information content (AvgIpc) is 2.79. The summed E-state index contributed by atoms with van der Waals surface area (Å²) in [5.74, 6) is -8.50. The standard InChI is InChI=1S/C24H24O11/c1-6-12(7(2)26)11(27)4-10-13(6)20(31)16-15(18(10)29)23(34)22(33)14(21(16)32)9-3-8(5-25)17(28)24(35)19(9)30/h4,8-9,17,19,24-25,27-28,30,32-35H,3,5H2,1-2H3/t8-,9-,17-,19+,24+/m1/s1. The van der Waals surface area contributed by atoms with Crippen molar-refractivity contribution < 1.29 is 55.2 Å². The van der Waals surface area contributed by atoms with Crippen molar-refractivity contribution in [2.45, 2.75) is 44.5 Å². The number of hydrogen-bond acceptors (Lipinski definition) is 11. The molecule has 0 aliphatic heterocycles. The van der Waals surface area contributed by atoms with Crippen LogP contribution < -0.4 is 0 Å². The van der Waals surface area contributed by atoms with E-state index in [-0.39, 0.29) is 28.7 Å². The second-order valence-electron chi connectivity index (χ2n) is 9.00. The van der Waals surface area contributed by atoms with Crippen molar-refractivity contribution >= 4 is 17.3 Å². The van der Waals surface area contributed by atoms with Gasteiger partial charge in [-0.2, -0.15) is 0 Å². The number of Topliss-reactive ketones (excluding diaryl/α,β-unsaturated/α-hetero) is 1. The fourth-order valence-electron chi connectivity index (χ4n) is 5.29. The van der Waals surface area contributed by atoms with E-state index in [0.717, 1.165) is 13.0 Å². The number of fused-ring (bicyclic) bond motifs is 2. The van der Waals surface area contributed by atoms with Gasteiger partial charge in [-0.25, -0.2) is 0 Å². The van der Waals surface area contributed by atoms with Gasteiger partial charge < -0.3 is 40.9 Å². The number of carbonyl (C=O) groups excluding carboxylic acids is 3. The number of rotatable bonds is 3. The summed E-state index contributed by atoms with van der Waals surface area (Å²) in [7, 11) is 0. The minimum Gasteiger partial charge on any atom is -0.507 e. The van der Waals surface area contributed by atoms with E-state index in [4.69, 9.17) is 0 Å². The maximum Gasteiger partial charge on any atom is 0.198 e. The molecule has 0 bridgehead atoms. The Balaban J connectivity index is 1.99. The Morgan fingerprint density at radius 2 is 1.49 bits per heavy atom. The number of phenolic OH excluding ortho intramolecular Hbond substituents is 4. The Kier molecular flexibility index (Phi) is 5.84. The lowest BCUT2D eigenvalue weighted by Gasteiger charge is -2.40. The normalized spacial score (nSPS) is 25.8. The van der Waals surface area contributed by atoms with Gasteiger partial charge in [0, 0.05) is 35.1 Å². The Morgan fingerprint density at radius 3 is 2.06 bits per heavy atom. The van der Waals surface area contributed by atoms with Crippen LogP contribution in [0.2, 0.25) is 0 Å². The molecular weight excluding hydrogens is 464 g/mol. The zero-order valence-electron chi connectivity index (χ0n) is 18.7. The maximum atomic E-state index is 13.5. The van der Waals surface area contributed by atoms with Crippen LogP contribution in [0.15, 0.2) is 6.07 Å². The summed E-state index contributed by atoms with van der Waals surface area (Å²) < 4.78 is 0. The number of aromatic hydroxyl groups is 4. The van der Waals surface area contributed by atoms with Gasteiger partial charge in [0.05, 0.1) is 28.9 Å². The fraction of sp³-hybridized carbons (Fsp3) is 0.375. The molecule has 1 saturated carbocycles. The Hall–Kier alpha value is -3.51. The monoisotopic (exact) mass is 488 g/mol. The summed E-state index contributed by atoms with van der Waals surface area (Å²) in [6.45, 7) is 1.87. The van der Waals surface area contributed by atoms with Crippen molar-refractivity contribution in [3.05, 3.63) is 45.0 Å². The molecule has 11 nitrogen and oxygen atoms in total. The highest BCUT2D eigenvalue weighted by Gasteiger charge is 2.47. The predicted octanol–water partition coefficient (Wildman–Crippen LogP) is -0.0261. The molecule has 11 heteroatoms. The van der Waals surface area contributed by atoms with E-state index in [1.54, 1.807) is 0 Å². The van der Waals surface area contributed by atoms with Crippen molar-refractivity contribution in [1.82, 2.24) is 0 Å². The molecule has 0 radical (unpaired) electrons. The van der Waals surface area contributed by atoms with Crippen LogP contribution in [0.1, 0.15) is 72.6 Å². The first-order chi connectivity index (χ1) is 16.3. The largest absolute Gasteiger partial charge is 0.507 e. The van der Waals surface area contributed by atoms with Gasteiger partial charge in [0.1, 0.15) is 17.6 Å². The molecule has 186 valence electrons. The SMILES string of the molecule is CC(=O)c1c(O)cc2c(c1C)C(=O)c1c(O)c([C@H]3C[C@H](CO)[C@@H](O)[C@H](O)[C@H]3O)c(O)c(O)c1C2=O. The molecule has 5 atom stereocenters. The van der Waals surface area contributed by atoms with Crippen LogP contribution in [0.25, 0.3) is 0 Å². The minimum absolute atomic E-state index is 0.0263. The molecule has 2 aliphatic carbocycles. The summed E-state index contributed by atoms with van der Waals surface area (Å²) in [6.07, 6.45) is -5.33. The lowest BCUT2D eigenvalue weighted by Crippen LogP contribution is -2.51. The highest BCUT2D eigenvalue weighted by atomic mass is 16.4. The van der Waals surface area contributed by atoms with E-state index in [9.17, 15) is 55.2 Å². The molecule has 0 saturated heterocycles. The van der Waals surface area contributed by atoms with Gasteiger partial charge in [0.2, 0.25) is 0 Å². The molecule has 0 aromatic heterocycles. The lowest BCUT2D eigenvalue weighted by molar-refractivity contribution is -0.127. The van der Waals surface area contributed by atoms with Gasteiger partial charge in [0.15, 0.2) is 28.8 Å². The number of hydrogen-bond donors (Lipinski definition) is 8. The zero-order valence-corrected chi connectivity index (χ0v) is 18.7. The summed E-state index contributed by atoms with van der Waals surface area (Å²) in [5, 5.41) is 83.2. The Bertz CT molecular complexity index is 1290. The predicted molar refractivity (Wildman–Crippen MR) is 117 cm³/mol. The van der Waals surface area contributed by atoms with Gasteiger partial charge in [-0.05, 0) is 31.9 Å². The number of phenols is 4. The van der Waals surface area contributed by atoms with Crippen LogP contribution >= 0.6 is 0 Å². The molecule has 4 rings (SSSR count). The number of aliphatic hydroxyl groups excluding tert-OH is 4. The molecular formula is C24H24O11. The summed E-state index contributed by atoms with van der Waals surface area (Å²) in [5.41, 5.74) is -2.84. The van der Waals surface area contributed by atoms with Gasteiger partial charge >= 0.3 is 0 Å². The smallest absolute Gasteiger partial charge is 0.198 e. The van der Waals surface area contributed by atoms with Gasteiger partial charge in [-0.1, -0.05) is 0 Å². The molecule has 0 spiro atoms. The average molecular weight is 488 g/mol. The van der Waals surface area contributed by atoms with E-state index in [1.165, 1.54) is 6.92 Å². The molecule has 0 amide bonds. The first-order valence-electron chi connectivity index (χ1n) is 10.8. The van der Waals surface area contributed by atoms with E-state index >= 15 is 0 Å². The first-order valence-corrected chi connectivity index (χ1v) is 10.8. The van der Waals surface area contributed by atoms with Crippen molar-refractivity contribution in [1.29, 1.82) is 0 Å². The first kappa shape index (κ1) is 24.6. The molecule has 2 aromatic carbocycles. The second kappa shape index (κ2) is 8.31. The van der Waals surface area contributed by atoms with Crippen LogP contribution in [0.4, 0.5) is 0 Å². The molecule has 1 fully saturated rings. The molecule has 0 unspecified atom stereocenters. The van der Waals surface area contributed by atoms with Crippen molar-refractivity contribution in [3.8, 4) is 23.0 Å². The maximum absolute atomic E-state index is 13.5. The van der Waals surface area contributed by atoms with Crippen LogP contribution in [0.3, 0.4) is 0 Å². The third kappa shape index (κ3) is 3.31. The van der Waals surface area contributed by atoms with Crippen molar-refractivity contribution in [2.24, 2.45) is 5.92 Å². The van der Waals surface area contributed by atoms with Gasteiger partial charge in [-0.15, -0.1) is 0 Å². The topological polar surface area (TPSA) is 213 Å². The number of aliphatic hydroxyl groups is 4. The molecule has 0 heterocycles. The van der Waals surface area contributed by atoms with E-state index < -0.39 is 93.8 Å². The lowest BCUT2D eigenvalue weighted by atomic mass is 9.71. The number of ketones is 3. The minimum atomic E-state index is -1.79. The number of carbonyl (C=O) groups is 3. The number of benzene rings is 2. The summed E-state index contributed by atoms with van der Waals surface area (Å²) >= 11 is 0. The summed E-state index contributed by atoms with van der Waals surface area (Å²) in [4.78, 5) is 38.7. The molecule has 2 aliphatic rings. The summed E-state index contributed by atoms with van der Waals surface area (Å²) in [6, 6.07) is 0.901. The molecule has 2 aromatic rings. The highest BCUT2D eigenvalue weighted by molar-refractivity contribution is 6.31. The van der Waals surface area contributed by atoms with Crippen LogP contribution in [0, 0.1) is 12.8 Å². The molecule has 8 N–H and O–H groups in total. The fourth-order valence-corrected chi connectivity index (χ4v) is 5.29. The van der Waals surface area contributed by atoms with Crippen LogP contribution in [-0.2, 0) is 0 Å². The van der Waals surface area contributed by atoms with E-state index in [0.29, 0.717) is 0 Å². The van der Waals surface area contributed by atoms with Crippen molar-refractivity contribution in [2.75, 3.05) is 6.61 Å². The third-order valence-electron chi connectivity index (χ3n) is 7.05. The van der Waals surface area contributed by atoms with E-state index in [2.05, 4.69) is 0 Å². The Morgan fingerprint density at radius 1 is 0.886 bits per heavy atom. The Labute approximate surface area is 198 Å². The van der Waals surface area contributed by atoms with Gasteiger partial charge in [0.25, 0.3) is 0 Å². The van der Waals surface area contributed by atoms with Crippen LogP contribution in [0.5, 0.6) is 23.0 Å². The second-order valence-corrected chi connectivity index (χ2v) is 9.00. The quantitative estimate of drug-likeness (QED) is 0.139. The van der Waals surface area contributed by atoms with Crippen molar-refractivity contribution in [3.63, 3.8) is 0 Å². The van der Waals surface area contributed by atoms with Crippen LogP contribution in [-0.4, -0.2) is 83.1 Å². The third-order valence-corrected chi connectivity index (χ3v) is 7.05. The van der Waals surface area contributed by atoms with Gasteiger partial charge in [-0.3, -0.25) is 14.4 Å². The molecule has 35 heavy (non-hydrogen) atoms. The van der Waals surface area contributed by atoms with E-state index in [1.807, 2.05) is 0 Å². The highest BCUT2D eigenvalue weighted by Crippen LogP contribution is 2.53. The zero-order chi connectivity index (χ0) is 26.1.